The van der Waals surface area contributed by atoms with Gasteiger partial charge in [0, 0.05) is 31.4 Å². The molecule has 0 spiro atoms. The molecular weight excluding hydrogens is 332 g/mol. The Morgan fingerprint density at radius 1 is 1.23 bits per heavy atom. The number of rotatable bonds is 10. The maximum absolute atomic E-state index is 5.86. The highest BCUT2D eigenvalue weighted by molar-refractivity contribution is 5.58. The second-order valence-electron chi connectivity index (χ2n) is 5.92. The van der Waals surface area contributed by atoms with E-state index in [2.05, 4.69) is 44.5 Å². The van der Waals surface area contributed by atoms with Gasteiger partial charge in [-0.05, 0) is 26.9 Å². The molecule has 2 aromatic heterocycles. The number of aryl methyl sites for hydroxylation is 1. The molecule has 0 aromatic carbocycles. The van der Waals surface area contributed by atoms with Crippen LogP contribution in [0.15, 0.2) is 18.3 Å². The molecule has 2 aromatic rings. The third-order valence-corrected chi connectivity index (χ3v) is 3.86. The molecule has 0 fully saturated rings. The van der Waals surface area contributed by atoms with Crippen molar-refractivity contribution in [2.45, 2.75) is 20.3 Å². The van der Waals surface area contributed by atoms with Crippen molar-refractivity contribution < 1.29 is 9.47 Å². The molecule has 0 atom stereocenters. The maximum atomic E-state index is 5.86. The lowest BCUT2D eigenvalue weighted by atomic mass is 10.3. The molecule has 0 unspecified atom stereocenters. The van der Waals surface area contributed by atoms with Crippen LogP contribution in [-0.4, -0.2) is 60.8 Å². The fraction of sp³-hybridized carbons (Fsp3) is 0.500. The largest absolute Gasteiger partial charge is 0.488 e. The zero-order valence-electron chi connectivity index (χ0n) is 16.2. The van der Waals surface area contributed by atoms with Crippen molar-refractivity contribution in [3.8, 4) is 11.6 Å². The molecule has 0 aliphatic rings. The molecule has 26 heavy (non-hydrogen) atoms. The van der Waals surface area contributed by atoms with Crippen LogP contribution in [0.25, 0.3) is 0 Å². The predicted molar refractivity (Wildman–Crippen MR) is 104 cm³/mol. The van der Waals surface area contributed by atoms with Crippen molar-refractivity contribution >= 4 is 17.5 Å². The summed E-state index contributed by atoms with van der Waals surface area (Å²) in [6.45, 7) is 6.65. The Balaban J connectivity index is 2.07. The van der Waals surface area contributed by atoms with Gasteiger partial charge in [-0.3, -0.25) is 0 Å². The van der Waals surface area contributed by atoms with Crippen LogP contribution in [0.5, 0.6) is 11.6 Å². The van der Waals surface area contributed by atoms with Gasteiger partial charge in [0.05, 0.1) is 25.6 Å². The molecule has 2 rings (SSSR count). The minimum atomic E-state index is 0.459. The molecule has 0 bridgehead atoms. The van der Waals surface area contributed by atoms with Gasteiger partial charge >= 0.3 is 0 Å². The van der Waals surface area contributed by atoms with Gasteiger partial charge in [-0.25, -0.2) is 9.97 Å². The first-order valence-corrected chi connectivity index (χ1v) is 8.71. The number of anilines is 3. The maximum Gasteiger partial charge on any atom is 0.256 e. The second-order valence-corrected chi connectivity index (χ2v) is 5.92. The Bertz CT molecular complexity index is 710. The summed E-state index contributed by atoms with van der Waals surface area (Å²) >= 11 is 0. The van der Waals surface area contributed by atoms with E-state index in [9.17, 15) is 0 Å². The van der Waals surface area contributed by atoms with Gasteiger partial charge in [0.1, 0.15) is 5.82 Å². The lowest BCUT2D eigenvalue weighted by Gasteiger charge is -2.15. The summed E-state index contributed by atoms with van der Waals surface area (Å²) in [7, 11) is 5.49. The summed E-state index contributed by atoms with van der Waals surface area (Å²) in [4.78, 5) is 15.3. The molecule has 8 nitrogen and oxygen atoms in total. The van der Waals surface area contributed by atoms with E-state index in [1.54, 1.807) is 13.3 Å². The summed E-state index contributed by atoms with van der Waals surface area (Å²) in [6.07, 6.45) is 2.60. The molecule has 0 aliphatic heterocycles. The van der Waals surface area contributed by atoms with Gasteiger partial charge in [0.15, 0.2) is 5.75 Å². The van der Waals surface area contributed by atoms with Crippen LogP contribution in [0.3, 0.4) is 0 Å². The van der Waals surface area contributed by atoms with Crippen LogP contribution < -0.4 is 20.1 Å². The zero-order chi connectivity index (χ0) is 18.9. The molecule has 142 valence electrons. The summed E-state index contributed by atoms with van der Waals surface area (Å²) in [5.41, 5.74) is 1.60. The van der Waals surface area contributed by atoms with E-state index in [0.717, 1.165) is 36.7 Å². The lowest BCUT2D eigenvalue weighted by molar-refractivity contribution is 0.255. The quantitative estimate of drug-likeness (QED) is 0.626. The van der Waals surface area contributed by atoms with E-state index in [4.69, 9.17) is 9.47 Å². The number of methoxy groups -OCH3 is 1. The first-order chi connectivity index (χ1) is 12.5. The topological polar surface area (TPSA) is 84.4 Å². The molecule has 0 radical (unpaired) electrons. The van der Waals surface area contributed by atoms with Crippen LogP contribution >= 0.6 is 0 Å². The second kappa shape index (κ2) is 9.76. The zero-order valence-corrected chi connectivity index (χ0v) is 16.2. The molecular formula is C18H28N6O2. The van der Waals surface area contributed by atoms with E-state index in [1.165, 1.54) is 0 Å². The van der Waals surface area contributed by atoms with Crippen molar-refractivity contribution in [3.63, 3.8) is 0 Å². The minimum absolute atomic E-state index is 0.459. The van der Waals surface area contributed by atoms with E-state index in [1.807, 2.05) is 26.1 Å². The van der Waals surface area contributed by atoms with E-state index >= 15 is 0 Å². The molecule has 0 saturated heterocycles. The summed E-state index contributed by atoms with van der Waals surface area (Å²) < 4.78 is 11.2. The monoisotopic (exact) mass is 360 g/mol. The lowest BCUT2D eigenvalue weighted by Crippen LogP contribution is -2.20. The number of hydrogen-bond acceptors (Lipinski definition) is 8. The summed E-state index contributed by atoms with van der Waals surface area (Å²) in [6, 6.07) is 3.72. The first kappa shape index (κ1) is 19.7. The van der Waals surface area contributed by atoms with Crippen LogP contribution in [0, 0.1) is 6.92 Å². The van der Waals surface area contributed by atoms with Crippen molar-refractivity contribution in [1.29, 1.82) is 0 Å². The van der Waals surface area contributed by atoms with E-state index in [-0.39, 0.29) is 0 Å². The molecule has 0 saturated carbocycles. The van der Waals surface area contributed by atoms with Crippen LogP contribution in [-0.2, 0) is 0 Å². The smallest absolute Gasteiger partial charge is 0.256 e. The Labute approximate surface area is 155 Å². The van der Waals surface area contributed by atoms with Gasteiger partial charge in [-0.15, -0.1) is 0 Å². The minimum Gasteiger partial charge on any atom is -0.488 e. The predicted octanol–water partition coefficient (Wildman–Crippen LogP) is 2.69. The Hall–Kier alpha value is -2.61. The van der Waals surface area contributed by atoms with Crippen molar-refractivity contribution in [2.24, 2.45) is 0 Å². The molecule has 2 heterocycles. The number of nitrogens with one attached hydrogen (secondary N) is 2. The number of ether oxygens (including phenoxy) is 2. The van der Waals surface area contributed by atoms with Gasteiger partial charge in [-0.1, -0.05) is 6.92 Å². The standard InChI is InChI=1S/C18H28N6O2/c1-6-24(4)8-7-9-26-15-11-14(12-20-17(15)25-5)22-18-21-13(2)10-16(19-3)23-18/h10-12H,6-9H2,1-5H3,(H2,19,21,22,23). The molecule has 0 amide bonds. The van der Waals surface area contributed by atoms with E-state index in [0.29, 0.717) is 24.2 Å². The van der Waals surface area contributed by atoms with Gasteiger partial charge < -0.3 is 25.0 Å². The Morgan fingerprint density at radius 2 is 2.04 bits per heavy atom. The van der Waals surface area contributed by atoms with Gasteiger partial charge in [0.25, 0.3) is 5.88 Å². The highest BCUT2D eigenvalue weighted by Gasteiger charge is 2.10. The number of nitrogens with zero attached hydrogens (tertiary/aromatic N) is 4. The number of hydrogen-bond donors (Lipinski definition) is 2. The van der Waals surface area contributed by atoms with Crippen molar-refractivity contribution in [3.05, 3.63) is 24.0 Å². The summed E-state index contributed by atoms with van der Waals surface area (Å²) in [5, 5.41) is 6.18. The fourth-order valence-corrected chi connectivity index (χ4v) is 2.31. The third-order valence-electron chi connectivity index (χ3n) is 3.86. The van der Waals surface area contributed by atoms with Crippen LogP contribution in [0.2, 0.25) is 0 Å². The number of aromatic nitrogens is 3. The van der Waals surface area contributed by atoms with Crippen molar-refractivity contribution in [2.75, 3.05) is 51.5 Å². The SMILES string of the molecule is CCN(C)CCCOc1cc(Nc2nc(C)cc(NC)n2)cnc1OC. The highest BCUT2D eigenvalue weighted by Crippen LogP contribution is 2.28. The fourth-order valence-electron chi connectivity index (χ4n) is 2.31. The van der Waals surface area contributed by atoms with Crippen molar-refractivity contribution in [1.82, 2.24) is 19.9 Å². The molecule has 0 aliphatic carbocycles. The average molecular weight is 360 g/mol. The molecule has 2 N–H and O–H groups in total. The number of pyridine rings is 1. The highest BCUT2D eigenvalue weighted by atomic mass is 16.5. The van der Waals surface area contributed by atoms with Gasteiger partial charge in [0.2, 0.25) is 5.95 Å². The van der Waals surface area contributed by atoms with Gasteiger partial charge in [-0.2, -0.15) is 4.98 Å². The normalized spacial score (nSPS) is 10.7. The third kappa shape index (κ3) is 5.73. The van der Waals surface area contributed by atoms with E-state index < -0.39 is 0 Å². The van der Waals surface area contributed by atoms with Crippen LogP contribution in [0.4, 0.5) is 17.5 Å². The Morgan fingerprint density at radius 3 is 2.73 bits per heavy atom. The summed E-state index contributed by atoms with van der Waals surface area (Å²) in [5.74, 6) is 2.30. The van der Waals surface area contributed by atoms with Crippen LogP contribution in [0.1, 0.15) is 19.0 Å². The molecule has 8 heteroatoms. The first-order valence-electron chi connectivity index (χ1n) is 8.71. The average Bonchev–Trinajstić information content (AvgIpc) is 2.64. The Kier molecular flexibility index (Phi) is 7.40.